The van der Waals surface area contributed by atoms with E-state index < -0.39 is 0 Å². The van der Waals surface area contributed by atoms with E-state index in [2.05, 4.69) is 43.4 Å². The second kappa shape index (κ2) is 9.99. The van der Waals surface area contributed by atoms with E-state index in [9.17, 15) is 0 Å². The van der Waals surface area contributed by atoms with Crippen molar-refractivity contribution in [1.82, 2.24) is 5.32 Å². The lowest BCUT2D eigenvalue weighted by Gasteiger charge is -2.13. The van der Waals surface area contributed by atoms with Crippen molar-refractivity contribution in [2.24, 2.45) is 0 Å². The van der Waals surface area contributed by atoms with Crippen molar-refractivity contribution in [3.05, 3.63) is 35.4 Å². The molecule has 1 aromatic carbocycles. The summed E-state index contributed by atoms with van der Waals surface area (Å²) in [6.07, 6.45) is 6.81. The lowest BCUT2D eigenvalue weighted by molar-refractivity contribution is 0.0458. The third-order valence-corrected chi connectivity index (χ3v) is 3.37. The van der Waals surface area contributed by atoms with Crippen LogP contribution in [0, 0.1) is 0 Å². The molecular formula is C17H29NO. The van der Waals surface area contributed by atoms with E-state index in [1.54, 1.807) is 0 Å². The molecule has 1 aromatic rings. The average molecular weight is 263 g/mol. The Balaban J connectivity index is 2.25. The molecule has 0 aliphatic carbocycles. The van der Waals surface area contributed by atoms with Gasteiger partial charge in [0.2, 0.25) is 0 Å². The third-order valence-electron chi connectivity index (χ3n) is 3.37. The van der Waals surface area contributed by atoms with Gasteiger partial charge in [-0.05, 0) is 31.5 Å². The molecule has 1 N–H and O–H groups in total. The van der Waals surface area contributed by atoms with Crippen LogP contribution in [0.25, 0.3) is 0 Å². The van der Waals surface area contributed by atoms with E-state index in [0.717, 1.165) is 13.2 Å². The molecule has 108 valence electrons. The van der Waals surface area contributed by atoms with Gasteiger partial charge < -0.3 is 10.1 Å². The summed E-state index contributed by atoms with van der Waals surface area (Å²) in [4.78, 5) is 0. The largest absolute Gasteiger partial charge is 0.374 e. The second-order valence-electron chi connectivity index (χ2n) is 5.32. The Labute approximate surface area is 118 Å². The summed E-state index contributed by atoms with van der Waals surface area (Å²) in [5.74, 6) is 0. The van der Waals surface area contributed by atoms with E-state index in [-0.39, 0.29) is 0 Å². The summed E-state index contributed by atoms with van der Waals surface area (Å²) in [5, 5.41) is 3.18. The smallest absolute Gasteiger partial charge is 0.0720 e. The number of ether oxygens (including phenoxy) is 1. The maximum Gasteiger partial charge on any atom is 0.0720 e. The fourth-order valence-corrected chi connectivity index (χ4v) is 2.21. The van der Waals surface area contributed by atoms with Crippen LogP contribution in [0.2, 0.25) is 0 Å². The summed E-state index contributed by atoms with van der Waals surface area (Å²) in [6.45, 7) is 6.08. The molecule has 0 aliphatic rings. The molecule has 19 heavy (non-hydrogen) atoms. The van der Waals surface area contributed by atoms with Gasteiger partial charge in [0.1, 0.15) is 0 Å². The Hall–Kier alpha value is -0.860. The zero-order chi connectivity index (χ0) is 13.9. The van der Waals surface area contributed by atoms with Crippen LogP contribution in [0.15, 0.2) is 24.3 Å². The van der Waals surface area contributed by atoms with Crippen molar-refractivity contribution in [1.29, 1.82) is 0 Å². The normalized spacial score (nSPS) is 12.6. The van der Waals surface area contributed by atoms with E-state index in [1.165, 1.54) is 43.2 Å². The van der Waals surface area contributed by atoms with Gasteiger partial charge in [0.25, 0.3) is 0 Å². The van der Waals surface area contributed by atoms with E-state index in [0.29, 0.717) is 6.10 Å². The van der Waals surface area contributed by atoms with Gasteiger partial charge in [-0.15, -0.1) is 0 Å². The monoisotopic (exact) mass is 263 g/mol. The molecule has 0 saturated heterocycles. The van der Waals surface area contributed by atoms with Crippen molar-refractivity contribution in [3.63, 3.8) is 0 Å². The minimum absolute atomic E-state index is 0.366. The van der Waals surface area contributed by atoms with Gasteiger partial charge in [-0.3, -0.25) is 0 Å². The first-order chi connectivity index (χ1) is 9.26. The second-order valence-corrected chi connectivity index (χ2v) is 5.32. The highest BCUT2D eigenvalue weighted by Gasteiger charge is 2.03. The molecule has 0 amide bonds. The summed E-state index contributed by atoms with van der Waals surface area (Å²) in [7, 11) is 1.97. The van der Waals surface area contributed by atoms with Gasteiger partial charge in [0, 0.05) is 6.54 Å². The van der Waals surface area contributed by atoms with E-state index >= 15 is 0 Å². The predicted molar refractivity (Wildman–Crippen MR) is 82.2 cm³/mol. The van der Waals surface area contributed by atoms with Crippen molar-refractivity contribution < 1.29 is 4.74 Å². The molecule has 0 bridgehead atoms. The molecular weight excluding hydrogens is 234 g/mol. The summed E-state index contributed by atoms with van der Waals surface area (Å²) < 4.78 is 5.92. The molecule has 2 nitrogen and oxygen atoms in total. The number of rotatable bonds is 10. The number of nitrogens with one attached hydrogen (secondary N) is 1. The van der Waals surface area contributed by atoms with Crippen LogP contribution in [0.1, 0.15) is 57.1 Å². The lowest BCUT2D eigenvalue weighted by Crippen LogP contribution is -2.09. The number of hydrogen-bond acceptors (Lipinski definition) is 2. The molecule has 1 atom stereocenters. The van der Waals surface area contributed by atoms with E-state index in [1.807, 2.05) is 7.05 Å². The van der Waals surface area contributed by atoms with Crippen molar-refractivity contribution in [3.8, 4) is 0 Å². The van der Waals surface area contributed by atoms with Gasteiger partial charge in [0.15, 0.2) is 0 Å². The lowest BCUT2D eigenvalue weighted by atomic mass is 10.1. The van der Waals surface area contributed by atoms with Crippen LogP contribution in [-0.4, -0.2) is 13.2 Å². The molecule has 0 heterocycles. The van der Waals surface area contributed by atoms with Crippen LogP contribution >= 0.6 is 0 Å². The topological polar surface area (TPSA) is 21.3 Å². The van der Waals surface area contributed by atoms with Gasteiger partial charge in [-0.2, -0.15) is 0 Å². The van der Waals surface area contributed by atoms with Crippen molar-refractivity contribution in [2.45, 2.75) is 65.2 Å². The Morgan fingerprint density at radius 1 is 1.16 bits per heavy atom. The first-order valence-corrected chi connectivity index (χ1v) is 7.60. The van der Waals surface area contributed by atoms with Crippen LogP contribution < -0.4 is 5.32 Å². The fraction of sp³-hybridized carbons (Fsp3) is 0.647. The van der Waals surface area contributed by atoms with Crippen molar-refractivity contribution >= 4 is 0 Å². The van der Waals surface area contributed by atoms with Gasteiger partial charge in [-0.1, -0.05) is 56.9 Å². The Morgan fingerprint density at radius 2 is 1.95 bits per heavy atom. The number of benzene rings is 1. The SMILES string of the molecule is CCCCCCC(C)OCc1cccc(CNC)c1. The van der Waals surface area contributed by atoms with Gasteiger partial charge in [-0.25, -0.2) is 0 Å². The quantitative estimate of drug-likeness (QED) is 0.636. The van der Waals surface area contributed by atoms with Crippen molar-refractivity contribution in [2.75, 3.05) is 7.05 Å². The van der Waals surface area contributed by atoms with Crippen LogP contribution in [0.4, 0.5) is 0 Å². The summed E-state index contributed by atoms with van der Waals surface area (Å²) in [5.41, 5.74) is 2.59. The number of unbranched alkanes of at least 4 members (excludes halogenated alkanes) is 3. The molecule has 0 aromatic heterocycles. The maximum atomic E-state index is 5.92. The standard InChI is InChI=1S/C17H29NO/c1-4-5-6-7-9-15(2)19-14-17-11-8-10-16(12-17)13-18-3/h8,10-12,15,18H,4-7,9,13-14H2,1-3H3. The van der Waals surface area contributed by atoms with Gasteiger partial charge >= 0.3 is 0 Å². The van der Waals surface area contributed by atoms with E-state index in [4.69, 9.17) is 4.74 Å². The first kappa shape index (κ1) is 16.2. The molecule has 0 saturated carbocycles. The molecule has 2 heteroatoms. The molecule has 0 radical (unpaired) electrons. The summed E-state index contributed by atoms with van der Waals surface area (Å²) in [6, 6.07) is 8.62. The molecule has 0 aliphatic heterocycles. The van der Waals surface area contributed by atoms with Crippen LogP contribution in [-0.2, 0) is 17.9 Å². The highest BCUT2D eigenvalue weighted by molar-refractivity contribution is 5.22. The van der Waals surface area contributed by atoms with Crippen LogP contribution in [0.3, 0.4) is 0 Å². The van der Waals surface area contributed by atoms with Crippen LogP contribution in [0.5, 0.6) is 0 Å². The molecule has 1 unspecified atom stereocenters. The highest BCUT2D eigenvalue weighted by Crippen LogP contribution is 2.12. The maximum absolute atomic E-state index is 5.92. The Bertz CT molecular complexity index is 338. The average Bonchev–Trinajstić information content (AvgIpc) is 2.42. The third kappa shape index (κ3) is 7.34. The zero-order valence-electron chi connectivity index (χ0n) is 12.7. The zero-order valence-corrected chi connectivity index (χ0v) is 12.7. The Kier molecular flexibility index (Phi) is 8.52. The highest BCUT2D eigenvalue weighted by atomic mass is 16.5. The molecule has 0 spiro atoms. The molecule has 1 rings (SSSR count). The minimum atomic E-state index is 0.366. The minimum Gasteiger partial charge on any atom is -0.374 e. The van der Waals surface area contributed by atoms with Gasteiger partial charge in [0.05, 0.1) is 12.7 Å². The molecule has 0 fully saturated rings. The Morgan fingerprint density at radius 3 is 2.68 bits per heavy atom. The number of hydrogen-bond donors (Lipinski definition) is 1. The summed E-state index contributed by atoms with van der Waals surface area (Å²) >= 11 is 0. The fourth-order valence-electron chi connectivity index (χ4n) is 2.21. The predicted octanol–water partition coefficient (Wildman–Crippen LogP) is 4.28. The first-order valence-electron chi connectivity index (χ1n) is 7.60.